The SMILES string of the molecule is Cc1c(OCCC/C(N)=N/O)cccc1[N+](=O)[O-]. The normalized spacial score (nSPS) is 11.3. The van der Waals surface area contributed by atoms with Crippen LogP contribution < -0.4 is 10.5 Å². The maximum Gasteiger partial charge on any atom is 0.276 e. The molecule has 1 aromatic carbocycles. The summed E-state index contributed by atoms with van der Waals surface area (Å²) in [5, 5.41) is 21.9. The molecule has 1 rings (SSSR count). The highest BCUT2D eigenvalue weighted by Crippen LogP contribution is 2.26. The van der Waals surface area contributed by atoms with Crippen molar-refractivity contribution in [1.82, 2.24) is 0 Å². The molecule has 0 heterocycles. The van der Waals surface area contributed by atoms with Gasteiger partial charge in [0.15, 0.2) is 0 Å². The van der Waals surface area contributed by atoms with E-state index in [0.29, 0.717) is 30.8 Å². The summed E-state index contributed by atoms with van der Waals surface area (Å²) in [6, 6.07) is 4.68. The van der Waals surface area contributed by atoms with Crippen LogP contribution in [0.15, 0.2) is 23.4 Å². The lowest BCUT2D eigenvalue weighted by Gasteiger charge is -2.08. The molecule has 7 nitrogen and oxygen atoms in total. The molecule has 0 radical (unpaired) electrons. The molecule has 0 amide bonds. The summed E-state index contributed by atoms with van der Waals surface area (Å²) in [7, 11) is 0. The second-order valence-corrected chi connectivity index (χ2v) is 3.70. The minimum absolute atomic E-state index is 0.0314. The van der Waals surface area contributed by atoms with Gasteiger partial charge in [-0.2, -0.15) is 0 Å². The van der Waals surface area contributed by atoms with Crippen LogP contribution in [-0.2, 0) is 0 Å². The minimum Gasteiger partial charge on any atom is -0.493 e. The average Bonchev–Trinajstić information content (AvgIpc) is 2.35. The molecule has 0 aliphatic heterocycles. The lowest BCUT2D eigenvalue weighted by atomic mass is 10.2. The van der Waals surface area contributed by atoms with E-state index >= 15 is 0 Å². The first-order valence-electron chi connectivity index (χ1n) is 5.39. The first-order chi connectivity index (χ1) is 8.56. The molecule has 0 unspecified atom stereocenters. The van der Waals surface area contributed by atoms with E-state index < -0.39 is 4.92 Å². The van der Waals surface area contributed by atoms with Gasteiger partial charge in [-0.15, -0.1) is 0 Å². The molecule has 0 aromatic heterocycles. The molecule has 0 bridgehead atoms. The van der Waals surface area contributed by atoms with Crippen molar-refractivity contribution in [2.45, 2.75) is 19.8 Å². The smallest absolute Gasteiger partial charge is 0.276 e. The maximum atomic E-state index is 10.7. The number of nitrogens with zero attached hydrogens (tertiary/aromatic N) is 2. The molecule has 0 aliphatic rings. The van der Waals surface area contributed by atoms with E-state index in [9.17, 15) is 10.1 Å². The quantitative estimate of drug-likeness (QED) is 0.200. The van der Waals surface area contributed by atoms with Crippen molar-refractivity contribution >= 4 is 11.5 Å². The van der Waals surface area contributed by atoms with Gasteiger partial charge in [-0.05, 0) is 19.4 Å². The van der Waals surface area contributed by atoms with Crippen LogP contribution in [-0.4, -0.2) is 22.6 Å². The Hall–Kier alpha value is -2.31. The number of nitro groups is 1. The van der Waals surface area contributed by atoms with Gasteiger partial charge in [-0.25, -0.2) is 0 Å². The van der Waals surface area contributed by atoms with Crippen molar-refractivity contribution < 1.29 is 14.9 Å². The molecule has 0 aliphatic carbocycles. The van der Waals surface area contributed by atoms with E-state index in [1.165, 1.54) is 6.07 Å². The molecule has 0 fully saturated rings. The van der Waals surface area contributed by atoms with Crippen LogP contribution in [0.4, 0.5) is 5.69 Å². The summed E-state index contributed by atoms with van der Waals surface area (Å²) in [6.07, 6.45) is 0.975. The monoisotopic (exact) mass is 253 g/mol. The summed E-state index contributed by atoms with van der Waals surface area (Å²) >= 11 is 0. The molecule has 18 heavy (non-hydrogen) atoms. The molecule has 3 N–H and O–H groups in total. The van der Waals surface area contributed by atoms with Crippen molar-refractivity contribution in [2.75, 3.05) is 6.61 Å². The Morgan fingerprint density at radius 2 is 2.33 bits per heavy atom. The molecular weight excluding hydrogens is 238 g/mol. The Labute approximate surface area is 104 Å². The van der Waals surface area contributed by atoms with Crippen molar-refractivity contribution in [2.24, 2.45) is 10.9 Å². The Morgan fingerprint density at radius 3 is 2.94 bits per heavy atom. The largest absolute Gasteiger partial charge is 0.493 e. The third kappa shape index (κ3) is 3.62. The predicted molar refractivity (Wildman–Crippen MR) is 66.0 cm³/mol. The van der Waals surface area contributed by atoms with Crippen LogP contribution in [0, 0.1) is 17.0 Å². The molecule has 0 spiro atoms. The van der Waals surface area contributed by atoms with Gasteiger partial charge in [0, 0.05) is 12.5 Å². The number of benzene rings is 1. The fourth-order valence-corrected chi connectivity index (χ4v) is 1.44. The summed E-state index contributed by atoms with van der Waals surface area (Å²) in [5.41, 5.74) is 5.82. The number of ether oxygens (including phenoxy) is 1. The van der Waals surface area contributed by atoms with Crippen molar-refractivity contribution in [3.05, 3.63) is 33.9 Å². The summed E-state index contributed by atoms with van der Waals surface area (Å²) < 4.78 is 5.43. The van der Waals surface area contributed by atoms with E-state index in [0.717, 1.165) is 0 Å². The van der Waals surface area contributed by atoms with Gasteiger partial charge in [0.2, 0.25) is 0 Å². The molecule has 98 valence electrons. The highest BCUT2D eigenvalue weighted by Gasteiger charge is 2.13. The van der Waals surface area contributed by atoms with Crippen LogP contribution in [0.1, 0.15) is 18.4 Å². The lowest BCUT2D eigenvalue weighted by molar-refractivity contribution is -0.385. The molecular formula is C11H15N3O4. The van der Waals surface area contributed by atoms with Crippen LogP contribution in [0.2, 0.25) is 0 Å². The van der Waals surface area contributed by atoms with E-state index in [2.05, 4.69) is 5.16 Å². The zero-order valence-electron chi connectivity index (χ0n) is 10.00. The number of oxime groups is 1. The number of nitro benzene ring substituents is 1. The van der Waals surface area contributed by atoms with Gasteiger partial charge < -0.3 is 15.7 Å². The van der Waals surface area contributed by atoms with Crippen molar-refractivity contribution in [3.8, 4) is 5.75 Å². The fourth-order valence-electron chi connectivity index (χ4n) is 1.44. The van der Waals surface area contributed by atoms with Gasteiger partial charge in [-0.3, -0.25) is 10.1 Å². The average molecular weight is 253 g/mol. The number of amidine groups is 1. The maximum absolute atomic E-state index is 10.7. The first-order valence-corrected chi connectivity index (χ1v) is 5.39. The third-order valence-electron chi connectivity index (χ3n) is 2.42. The Bertz CT molecular complexity index is 460. The van der Waals surface area contributed by atoms with Gasteiger partial charge in [0.1, 0.15) is 11.6 Å². The van der Waals surface area contributed by atoms with E-state index in [1.54, 1.807) is 19.1 Å². The number of rotatable bonds is 6. The van der Waals surface area contributed by atoms with Crippen LogP contribution in [0.5, 0.6) is 5.75 Å². The zero-order valence-corrected chi connectivity index (χ0v) is 10.00. The second-order valence-electron chi connectivity index (χ2n) is 3.70. The fraction of sp³-hybridized carbons (Fsp3) is 0.364. The van der Waals surface area contributed by atoms with Gasteiger partial charge in [0.05, 0.1) is 17.1 Å². The number of hydrogen-bond acceptors (Lipinski definition) is 5. The predicted octanol–water partition coefficient (Wildman–Crippen LogP) is 1.81. The second kappa shape index (κ2) is 6.43. The molecule has 0 saturated carbocycles. The highest BCUT2D eigenvalue weighted by molar-refractivity contribution is 5.79. The Kier molecular flexibility index (Phi) is 4.91. The summed E-state index contributed by atoms with van der Waals surface area (Å²) in [4.78, 5) is 10.3. The molecule has 7 heteroatoms. The van der Waals surface area contributed by atoms with E-state index in [-0.39, 0.29) is 11.5 Å². The Morgan fingerprint density at radius 1 is 1.61 bits per heavy atom. The lowest BCUT2D eigenvalue weighted by Crippen LogP contribution is -2.13. The summed E-state index contributed by atoms with van der Waals surface area (Å²) in [6.45, 7) is 1.98. The topological polar surface area (TPSA) is 111 Å². The minimum atomic E-state index is -0.446. The third-order valence-corrected chi connectivity index (χ3v) is 2.42. The molecule has 0 atom stereocenters. The number of nitrogens with two attached hydrogens (primary N) is 1. The van der Waals surface area contributed by atoms with E-state index in [4.69, 9.17) is 15.7 Å². The van der Waals surface area contributed by atoms with Gasteiger partial charge in [-0.1, -0.05) is 11.2 Å². The van der Waals surface area contributed by atoms with E-state index in [1.807, 2.05) is 0 Å². The standard InChI is InChI=1S/C11H15N3O4/c1-8-9(14(16)17)4-2-5-10(8)18-7-3-6-11(12)13-15/h2,4-5,15H,3,6-7H2,1H3,(H2,12,13). The molecule has 1 aromatic rings. The summed E-state index contributed by atoms with van der Waals surface area (Å²) in [5.74, 6) is 0.609. The van der Waals surface area contributed by atoms with Crippen LogP contribution in [0.25, 0.3) is 0 Å². The van der Waals surface area contributed by atoms with Crippen LogP contribution in [0.3, 0.4) is 0 Å². The Balaban J connectivity index is 2.58. The number of hydrogen-bond donors (Lipinski definition) is 2. The van der Waals surface area contributed by atoms with Crippen LogP contribution >= 0.6 is 0 Å². The van der Waals surface area contributed by atoms with Gasteiger partial charge in [0.25, 0.3) is 5.69 Å². The molecule has 0 saturated heterocycles. The highest BCUT2D eigenvalue weighted by atomic mass is 16.6. The first kappa shape index (κ1) is 13.8. The zero-order chi connectivity index (χ0) is 13.5. The van der Waals surface area contributed by atoms with Crippen molar-refractivity contribution in [3.63, 3.8) is 0 Å². The van der Waals surface area contributed by atoms with Crippen molar-refractivity contribution in [1.29, 1.82) is 0 Å². The van der Waals surface area contributed by atoms with Gasteiger partial charge >= 0.3 is 0 Å².